The highest BCUT2D eigenvalue weighted by Crippen LogP contribution is 2.02. The van der Waals surface area contributed by atoms with Crippen LogP contribution in [0.1, 0.15) is 0 Å². The maximum Gasteiger partial charge on any atom is 0.170 e. The van der Waals surface area contributed by atoms with E-state index < -0.39 is 0 Å². The Balaban J connectivity index is 2.36. The number of nitrogens with one attached hydrogen (secondary N) is 1. The lowest BCUT2D eigenvalue weighted by Gasteiger charge is -2.13. The fourth-order valence-corrected chi connectivity index (χ4v) is 0.725. The first-order valence-electron chi connectivity index (χ1n) is 3.41. The standard InChI is InChI=1S/C6H12N4O/c1-10(3-4-11-2)6-5-7-9-8-6/h5H,3-4H2,1-2H3,(H,7,8,9). The van der Waals surface area contributed by atoms with Crippen molar-refractivity contribution in [2.75, 3.05) is 32.2 Å². The van der Waals surface area contributed by atoms with Crippen molar-refractivity contribution < 1.29 is 4.74 Å². The third-order valence-electron chi connectivity index (χ3n) is 1.43. The van der Waals surface area contributed by atoms with E-state index in [2.05, 4.69) is 15.4 Å². The summed E-state index contributed by atoms with van der Waals surface area (Å²) in [6.45, 7) is 1.52. The van der Waals surface area contributed by atoms with Crippen LogP contribution in [-0.2, 0) is 4.74 Å². The molecule has 0 aliphatic carbocycles. The lowest BCUT2D eigenvalue weighted by Crippen LogP contribution is -2.22. The molecule has 62 valence electrons. The molecule has 0 aliphatic rings. The fourth-order valence-electron chi connectivity index (χ4n) is 0.725. The number of rotatable bonds is 4. The number of ether oxygens (including phenoxy) is 1. The van der Waals surface area contributed by atoms with E-state index in [9.17, 15) is 0 Å². The second kappa shape index (κ2) is 3.92. The highest BCUT2D eigenvalue weighted by atomic mass is 16.5. The van der Waals surface area contributed by atoms with E-state index >= 15 is 0 Å². The first-order chi connectivity index (χ1) is 5.34. The van der Waals surface area contributed by atoms with Crippen LogP contribution in [0.15, 0.2) is 6.20 Å². The summed E-state index contributed by atoms with van der Waals surface area (Å²) in [4.78, 5) is 1.97. The maximum atomic E-state index is 4.91. The zero-order valence-electron chi connectivity index (χ0n) is 6.74. The van der Waals surface area contributed by atoms with Gasteiger partial charge in [-0.2, -0.15) is 0 Å². The van der Waals surface area contributed by atoms with Crippen LogP contribution in [0, 0.1) is 0 Å². The molecule has 1 heterocycles. The van der Waals surface area contributed by atoms with Gasteiger partial charge in [-0.1, -0.05) is 5.21 Å². The number of likely N-dealkylation sites (N-methyl/N-ethyl adjacent to an activating group) is 1. The molecule has 5 nitrogen and oxygen atoms in total. The zero-order chi connectivity index (χ0) is 8.10. The molecular weight excluding hydrogens is 144 g/mol. The molecule has 0 amide bonds. The lowest BCUT2D eigenvalue weighted by molar-refractivity contribution is 0.206. The summed E-state index contributed by atoms with van der Waals surface area (Å²) in [6.07, 6.45) is 1.75. The molecule has 0 saturated heterocycles. The number of aromatic amines is 1. The molecule has 0 aliphatic heterocycles. The van der Waals surface area contributed by atoms with Crippen molar-refractivity contribution in [1.82, 2.24) is 15.4 Å². The first-order valence-corrected chi connectivity index (χ1v) is 3.41. The Kier molecular flexibility index (Phi) is 2.85. The minimum atomic E-state index is 0.698. The highest BCUT2D eigenvalue weighted by molar-refractivity contribution is 5.32. The Labute approximate surface area is 65.3 Å². The van der Waals surface area contributed by atoms with Crippen molar-refractivity contribution >= 4 is 5.82 Å². The molecule has 0 atom stereocenters. The molecule has 0 bridgehead atoms. The summed E-state index contributed by atoms with van der Waals surface area (Å²) in [6, 6.07) is 0. The van der Waals surface area contributed by atoms with Crippen LogP contribution in [0.2, 0.25) is 0 Å². The Bertz CT molecular complexity index is 186. The van der Waals surface area contributed by atoms with Crippen LogP contribution in [0.5, 0.6) is 0 Å². The van der Waals surface area contributed by atoms with Crippen molar-refractivity contribution in [3.8, 4) is 0 Å². The van der Waals surface area contributed by atoms with Gasteiger partial charge in [0.2, 0.25) is 0 Å². The lowest BCUT2D eigenvalue weighted by atomic mass is 10.5. The van der Waals surface area contributed by atoms with Gasteiger partial charge in [0.25, 0.3) is 0 Å². The number of hydrogen-bond acceptors (Lipinski definition) is 4. The topological polar surface area (TPSA) is 54.0 Å². The highest BCUT2D eigenvalue weighted by Gasteiger charge is 2.01. The van der Waals surface area contributed by atoms with E-state index in [1.54, 1.807) is 13.3 Å². The second-order valence-electron chi connectivity index (χ2n) is 2.25. The maximum absolute atomic E-state index is 4.91. The molecule has 0 saturated carbocycles. The molecule has 1 rings (SSSR count). The Morgan fingerprint density at radius 1 is 1.73 bits per heavy atom. The van der Waals surface area contributed by atoms with Gasteiger partial charge in [0.05, 0.1) is 12.8 Å². The smallest absolute Gasteiger partial charge is 0.170 e. The van der Waals surface area contributed by atoms with Crippen LogP contribution in [0.3, 0.4) is 0 Å². The number of anilines is 1. The van der Waals surface area contributed by atoms with Gasteiger partial charge in [-0.25, -0.2) is 0 Å². The largest absolute Gasteiger partial charge is 0.383 e. The minimum absolute atomic E-state index is 0.698. The Hall–Kier alpha value is -1.10. The van der Waals surface area contributed by atoms with Gasteiger partial charge in [-0.05, 0) is 0 Å². The van der Waals surface area contributed by atoms with Gasteiger partial charge < -0.3 is 9.64 Å². The van der Waals surface area contributed by atoms with E-state index in [4.69, 9.17) is 4.74 Å². The van der Waals surface area contributed by atoms with Crippen LogP contribution in [0.4, 0.5) is 5.82 Å². The summed E-state index contributed by atoms with van der Waals surface area (Å²) >= 11 is 0. The van der Waals surface area contributed by atoms with Crippen molar-refractivity contribution in [3.05, 3.63) is 6.20 Å². The molecule has 5 heteroatoms. The summed E-state index contributed by atoms with van der Waals surface area (Å²) < 4.78 is 4.91. The van der Waals surface area contributed by atoms with Gasteiger partial charge in [-0.15, -0.1) is 5.10 Å². The summed E-state index contributed by atoms with van der Waals surface area (Å²) in [7, 11) is 3.62. The van der Waals surface area contributed by atoms with Crippen LogP contribution in [-0.4, -0.2) is 42.7 Å². The average Bonchev–Trinajstić information content (AvgIpc) is 2.52. The van der Waals surface area contributed by atoms with Crippen LogP contribution in [0.25, 0.3) is 0 Å². The number of nitrogens with zero attached hydrogens (tertiary/aromatic N) is 3. The van der Waals surface area contributed by atoms with Gasteiger partial charge in [0.15, 0.2) is 5.82 Å². The molecule has 1 aromatic heterocycles. The van der Waals surface area contributed by atoms with Crippen molar-refractivity contribution in [2.24, 2.45) is 0 Å². The fraction of sp³-hybridized carbons (Fsp3) is 0.667. The molecule has 0 aromatic carbocycles. The monoisotopic (exact) mass is 156 g/mol. The molecule has 1 N–H and O–H groups in total. The number of H-pyrrole nitrogens is 1. The van der Waals surface area contributed by atoms with Crippen molar-refractivity contribution in [1.29, 1.82) is 0 Å². The van der Waals surface area contributed by atoms with Crippen LogP contribution >= 0.6 is 0 Å². The third-order valence-corrected chi connectivity index (χ3v) is 1.43. The summed E-state index contributed by atoms with van der Waals surface area (Å²) in [5, 5.41) is 10.1. The van der Waals surface area contributed by atoms with E-state index in [-0.39, 0.29) is 0 Å². The van der Waals surface area contributed by atoms with E-state index in [1.807, 2.05) is 11.9 Å². The van der Waals surface area contributed by atoms with Gasteiger partial charge >= 0.3 is 0 Å². The van der Waals surface area contributed by atoms with E-state index in [0.29, 0.717) is 6.61 Å². The van der Waals surface area contributed by atoms with E-state index in [1.165, 1.54) is 0 Å². The number of methoxy groups -OCH3 is 1. The molecule has 11 heavy (non-hydrogen) atoms. The Morgan fingerprint density at radius 3 is 3.09 bits per heavy atom. The normalized spacial score (nSPS) is 10.0. The predicted molar refractivity (Wildman–Crippen MR) is 41.5 cm³/mol. The molecular formula is C6H12N4O. The third kappa shape index (κ3) is 2.19. The summed E-state index contributed by atoms with van der Waals surface area (Å²) in [5.41, 5.74) is 0. The molecule has 0 spiro atoms. The quantitative estimate of drug-likeness (QED) is 0.660. The average molecular weight is 156 g/mol. The minimum Gasteiger partial charge on any atom is -0.383 e. The van der Waals surface area contributed by atoms with Gasteiger partial charge in [0, 0.05) is 20.7 Å². The molecule has 1 aromatic rings. The zero-order valence-corrected chi connectivity index (χ0v) is 6.74. The van der Waals surface area contributed by atoms with Crippen LogP contribution < -0.4 is 4.90 Å². The van der Waals surface area contributed by atoms with Gasteiger partial charge in [-0.3, -0.25) is 5.10 Å². The second-order valence-corrected chi connectivity index (χ2v) is 2.25. The number of aromatic nitrogens is 3. The predicted octanol–water partition coefficient (Wildman–Crippen LogP) is -0.113. The van der Waals surface area contributed by atoms with Crippen molar-refractivity contribution in [2.45, 2.75) is 0 Å². The Morgan fingerprint density at radius 2 is 2.55 bits per heavy atom. The van der Waals surface area contributed by atoms with E-state index in [0.717, 1.165) is 12.4 Å². The van der Waals surface area contributed by atoms with Crippen molar-refractivity contribution in [3.63, 3.8) is 0 Å². The SMILES string of the molecule is COCCN(C)c1c[nH]nn1. The van der Waals surface area contributed by atoms with Gasteiger partial charge in [0.1, 0.15) is 0 Å². The first kappa shape index (κ1) is 8.00. The molecule has 0 radical (unpaired) electrons. The number of hydrogen-bond donors (Lipinski definition) is 1. The molecule has 0 unspecified atom stereocenters. The summed E-state index contributed by atoms with van der Waals surface area (Å²) in [5.74, 6) is 0.835. The molecule has 0 fully saturated rings.